The number of unbranched alkanes of at least 4 members (excludes halogenated alkanes) is 46. The Balaban J connectivity index is 3.49. The summed E-state index contributed by atoms with van der Waals surface area (Å²) in [4.78, 5) is 12.6. The highest BCUT2D eigenvalue weighted by molar-refractivity contribution is 5.80. The van der Waals surface area contributed by atoms with Crippen molar-refractivity contribution >= 4 is 5.91 Å². The zero-order valence-electron chi connectivity index (χ0n) is 44.4. The van der Waals surface area contributed by atoms with Crippen LogP contribution in [0.15, 0.2) is 12.2 Å². The van der Waals surface area contributed by atoms with E-state index in [4.69, 9.17) is 0 Å². The van der Waals surface area contributed by atoms with Crippen molar-refractivity contribution in [1.82, 2.24) is 5.32 Å². The number of hydrogen-bond acceptors (Lipinski definition) is 4. The van der Waals surface area contributed by atoms with E-state index >= 15 is 0 Å². The quantitative estimate of drug-likeness (QED) is 0.0361. The van der Waals surface area contributed by atoms with Crippen LogP contribution in [0.4, 0.5) is 0 Å². The molecule has 5 nitrogen and oxygen atoms in total. The topological polar surface area (TPSA) is 89.8 Å². The summed E-state index contributed by atoms with van der Waals surface area (Å²) >= 11 is 0. The Kier molecular flexibility index (Phi) is 54.9. The Morgan fingerprint density at radius 1 is 0.354 bits per heavy atom. The molecule has 0 fully saturated rings. The lowest BCUT2D eigenvalue weighted by Gasteiger charge is -2.23. The highest BCUT2D eigenvalue weighted by Gasteiger charge is 2.23. The lowest BCUT2D eigenvalue weighted by molar-refractivity contribution is -0.131. The van der Waals surface area contributed by atoms with Crippen LogP contribution in [0, 0.1) is 0 Å². The molecule has 388 valence electrons. The van der Waals surface area contributed by atoms with Crippen molar-refractivity contribution in [2.75, 3.05) is 6.61 Å². The summed E-state index contributed by atoms with van der Waals surface area (Å²) in [6, 6.07) is -0.710. The van der Waals surface area contributed by atoms with Gasteiger partial charge in [-0.3, -0.25) is 4.79 Å². The van der Waals surface area contributed by atoms with Gasteiger partial charge in [0.1, 0.15) is 6.10 Å². The van der Waals surface area contributed by atoms with Gasteiger partial charge in [0.2, 0.25) is 5.91 Å². The standard InChI is InChI=1S/C60H119NO4/c1-3-5-7-9-11-13-15-17-19-21-23-25-27-28-29-30-31-32-33-35-37-39-41-43-45-47-49-51-53-55-59(64)60(65)61-57(56-62)58(63)54-52-50-48-46-44-42-40-38-36-34-26-24-22-20-18-16-14-12-10-8-6-4-2/h28-29,57-59,62-64H,3-27,30-56H2,1-2H3,(H,61,65)/b29-28-. The van der Waals surface area contributed by atoms with Crippen LogP contribution in [0.1, 0.15) is 341 Å². The summed E-state index contributed by atoms with van der Waals surface area (Å²) < 4.78 is 0. The maximum absolute atomic E-state index is 12.6. The molecule has 0 bridgehead atoms. The van der Waals surface area contributed by atoms with E-state index in [1.165, 1.54) is 283 Å². The first kappa shape index (κ1) is 64.1. The highest BCUT2D eigenvalue weighted by atomic mass is 16.3. The number of hydrogen-bond donors (Lipinski definition) is 4. The summed E-state index contributed by atoms with van der Waals surface area (Å²) in [5.41, 5.74) is 0. The van der Waals surface area contributed by atoms with E-state index in [1.54, 1.807) is 0 Å². The maximum atomic E-state index is 12.6. The van der Waals surface area contributed by atoms with E-state index in [9.17, 15) is 20.1 Å². The molecule has 0 radical (unpaired) electrons. The minimum Gasteiger partial charge on any atom is -0.394 e. The molecule has 1 amide bonds. The van der Waals surface area contributed by atoms with Crippen molar-refractivity contribution in [2.24, 2.45) is 0 Å². The van der Waals surface area contributed by atoms with Crippen LogP contribution in [0.5, 0.6) is 0 Å². The van der Waals surface area contributed by atoms with Crippen LogP contribution in [0.25, 0.3) is 0 Å². The first-order valence-corrected chi connectivity index (χ1v) is 30.0. The normalized spacial score (nSPS) is 13.2. The third kappa shape index (κ3) is 50.8. The van der Waals surface area contributed by atoms with E-state index < -0.39 is 24.2 Å². The van der Waals surface area contributed by atoms with Gasteiger partial charge < -0.3 is 20.6 Å². The van der Waals surface area contributed by atoms with Gasteiger partial charge in [0.05, 0.1) is 18.8 Å². The van der Waals surface area contributed by atoms with E-state index in [1.807, 2.05) is 0 Å². The molecule has 0 spiro atoms. The van der Waals surface area contributed by atoms with E-state index in [2.05, 4.69) is 31.3 Å². The molecule has 0 aromatic carbocycles. The van der Waals surface area contributed by atoms with Crippen molar-refractivity contribution in [2.45, 2.75) is 360 Å². The van der Waals surface area contributed by atoms with Gasteiger partial charge >= 0.3 is 0 Å². The molecule has 65 heavy (non-hydrogen) atoms. The molecule has 0 aromatic heterocycles. The molecule has 0 aliphatic rings. The van der Waals surface area contributed by atoms with Crippen LogP contribution in [0.3, 0.4) is 0 Å². The van der Waals surface area contributed by atoms with E-state index in [0.29, 0.717) is 12.8 Å². The Morgan fingerprint density at radius 3 is 0.846 bits per heavy atom. The summed E-state index contributed by atoms with van der Waals surface area (Å²) in [7, 11) is 0. The third-order valence-corrected chi connectivity index (χ3v) is 14.4. The second kappa shape index (κ2) is 55.7. The molecule has 0 aromatic rings. The number of allylic oxidation sites excluding steroid dienone is 2. The molecular formula is C60H119NO4. The van der Waals surface area contributed by atoms with Crippen LogP contribution in [0.2, 0.25) is 0 Å². The van der Waals surface area contributed by atoms with Gasteiger partial charge in [0.15, 0.2) is 0 Å². The molecule has 0 saturated heterocycles. The number of nitrogens with one attached hydrogen (secondary N) is 1. The summed E-state index contributed by atoms with van der Waals surface area (Å²) in [5.74, 6) is -0.464. The predicted octanol–water partition coefficient (Wildman–Crippen LogP) is 18.7. The molecule has 0 aliphatic carbocycles. The van der Waals surface area contributed by atoms with Crippen LogP contribution in [-0.2, 0) is 4.79 Å². The predicted molar refractivity (Wildman–Crippen MR) is 287 cm³/mol. The number of amides is 1. The van der Waals surface area contributed by atoms with Gasteiger partial charge in [-0.2, -0.15) is 0 Å². The first-order valence-electron chi connectivity index (χ1n) is 30.0. The fourth-order valence-corrected chi connectivity index (χ4v) is 9.72. The second-order valence-electron chi connectivity index (χ2n) is 20.9. The third-order valence-electron chi connectivity index (χ3n) is 14.4. The number of aliphatic hydroxyl groups is 3. The molecule has 0 rings (SSSR count). The average molecular weight is 919 g/mol. The minimum absolute atomic E-state index is 0.309. The Hall–Kier alpha value is -0.910. The smallest absolute Gasteiger partial charge is 0.249 e. The van der Waals surface area contributed by atoms with Crippen molar-refractivity contribution in [3.63, 3.8) is 0 Å². The lowest BCUT2D eigenvalue weighted by atomic mass is 10.0. The molecule has 4 N–H and O–H groups in total. The van der Waals surface area contributed by atoms with Crippen molar-refractivity contribution in [3.05, 3.63) is 12.2 Å². The van der Waals surface area contributed by atoms with Crippen LogP contribution in [-0.4, -0.2) is 46.1 Å². The lowest BCUT2D eigenvalue weighted by Crippen LogP contribution is -2.49. The molecular weight excluding hydrogens is 799 g/mol. The Labute approximate surface area is 408 Å². The van der Waals surface area contributed by atoms with Gasteiger partial charge in [0, 0.05) is 0 Å². The zero-order chi connectivity index (χ0) is 47.2. The molecule has 3 unspecified atom stereocenters. The SMILES string of the molecule is CCCCCCCCCCCCCC/C=C\CCCCCCCCCCCCCCCC(O)C(=O)NC(CO)C(O)CCCCCCCCCCCCCCCCCCCCCCCC. The fourth-order valence-electron chi connectivity index (χ4n) is 9.72. The van der Waals surface area contributed by atoms with Crippen molar-refractivity contribution < 1.29 is 20.1 Å². The summed E-state index contributed by atoms with van der Waals surface area (Å²) in [5, 5.41) is 33.6. The molecule has 0 aliphatic heterocycles. The van der Waals surface area contributed by atoms with Gasteiger partial charge in [-0.15, -0.1) is 0 Å². The second-order valence-corrected chi connectivity index (χ2v) is 20.9. The molecule has 0 heterocycles. The van der Waals surface area contributed by atoms with Gasteiger partial charge in [0.25, 0.3) is 0 Å². The fraction of sp³-hybridized carbons (Fsp3) is 0.950. The average Bonchev–Trinajstić information content (AvgIpc) is 3.31. The summed E-state index contributed by atoms with van der Waals surface area (Å²) in [6.07, 6.45) is 69.9. The van der Waals surface area contributed by atoms with Crippen molar-refractivity contribution in [1.29, 1.82) is 0 Å². The zero-order valence-corrected chi connectivity index (χ0v) is 44.4. The number of carbonyl (C=O) groups is 1. The molecule has 3 atom stereocenters. The maximum Gasteiger partial charge on any atom is 0.249 e. The van der Waals surface area contributed by atoms with Gasteiger partial charge in [-0.1, -0.05) is 315 Å². The Morgan fingerprint density at radius 2 is 0.585 bits per heavy atom. The van der Waals surface area contributed by atoms with E-state index in [-0.39, 0.29) is 6.61 Å². The molecule has 0 saturated carbocycles. The Bertz CT molecular complexity index is 925. The first-order chi connectivity index (χ1) is 32.1. The van der Waals surface area contributed by atoms with Crippen molar-refractivity contribution in [3.8, 4) is 0 Å². The summed E-state index contributed by atoms with van der Waals surface area (Å²) in [6.45, 7) is 4.28. The van der Waals surface area contributed by atoms with E-state index in [0.717, 1.165) is 32.1 Å². The number of carbonyl (C=O) groups excluding carboxylic acids is 1. The van der Waals surface area contributed by atoms with Crippen LogP contribution >= 0.6 is 0 Å². The minimum atomic E-state index is -1.07. The van der Waals surface area contributed by atoms with Gasteiger partial charge in [-0.05, 0) is 38.5 Å². The number of rotatable bonds is 56. The number of aliphatic hydroxyl groups excluding tert-OH is 3. The largest absolute Gasteiger partial charge is 0.394 e. The van der Waals surface area contributed by atoms with Crippen LogP contribution < -0.4 is 5.32 Å². The monoisotopic (exact) mass is 918 g/mol. The molecule has 5 heteroatoms. The highest BCUT2D eigenvalue weighted by Crippen LogP contribution is 2.18. The van der Waals surface area contributed by atoms with Gasteiger partial charge in [-0.25, -0.2) is 0 Å².